The van der Waals surface area contributed by atoms with Crippen molar-refractivity contribution in [3.8, 4) is 11.5 Å². The lowest BCUT2D eigenvalue weighted by Crippen LogP contribution is -2.13. The molecule has 0 aliphatic rings. The third-order valence-electron chi connectivity index (χ3n) is 4.10. The fourth-order valence-corrected chi connectivity index (χ4v) is 3.45. The number of hydrogen-bond acceptors (Lipinski definition) is 5. The van der Waals surface area contributed by atoms with Gasteiger partial charge in [-0.2, -0.15) is 0 Å². The number of aromatic nitrogens is 1. The number of nitrogens with zero attached hydrogens (tertiary/aromatic N) is 1. The summed E-state index contributed by atoms with van der Waals surface area (Å²) in [5.74, 6) is 0.379. The van der Waals surface area contributed by atoms with E-state index in [0.717, 1.165) is 11.0 Å². The van der Waals surface area contributed by atoms with Crippen molar-refractivity contribution >= 4 is 39.1 Å². The molecule has 0 aliphatic heterocycles. The van der Waals surface area contributed by atoms with Gasteiger partial charge in [-0.15, -0.1) is 11.3 Å². The van der Waals surface area contributed by atoms with E-state index >= 15 is 0 Å². The molecule has 0 bridgehead atoms. The van der Waals surface area contributed by atoms with Crippen molar-refractivity contribution in [1.29, 1.82) is 0 Å². The molecular formula is C21H16N2O3S. The molecule has 4 rings (SSSR count). The number of amides is 1. The Morgan fingerprint density at radius 2 is 1.78 bits per heavy atom. The third kappa shape index (κ3) is 3.96. The molecule has 0 fully saturated rings. The van der Waals surface area contributed by atoms with Gasteiger partial charge >= 0.3 is 0 Å². The summed E-state index contributed by atoms with van der Waals surface area (Å²) in [6.07, 6.45) is 0.283. The van der Waals surface area contributed by atoms with Gasteiger partial charge in [0.25, 0.3) is 0 Å². The maximum Gasteiger partial charge on any atom is 0.226 e. The van der Waals surface area contributed by atoms with Gasteiger partial charge in [0.15, 0.2) is 16.7 Å². The molecule has 27 heavy (non-hydrogen) atoms. The Balaban J connectivity index is 1.37. The molecule has 0 saturated heterocycles. The van der Waals surface area contributed by atoms with E-state index in [4.69, 9.17) is 4.42 Å². The first-order valence-electron chi connectivity index (χ1n) is 8.51. The molecular weight excluding hydrogens is 360 g/mol. The third-order valence-corrected chi connectivity index (χ3v) is 4.86. The van der Waals surface area contributed by atoms with Crippen molar-refractivity contribution in [2.45, 2.75) is 12.8 Å². The molecule has 0 atom stereocenters. The molecule has 0 aliphatic carbocycles. The van der Waals surface area contributed by atoms with Gasteiger partial charge in [-0.1, -0.05) is 48.5 Å². The predicted octanol–water partition coefficient (Wildman–Crippen LogP) is 5.16. The Labute approximate surface area is 159 Å². The average molecular weight is 376 g/mol. The van der Waals surface area contributed by atoms with E-state index < -0.39 is 0 Å². The second-order valence-corrected chi connectivity index (χ2v) is 6.88. The van der Waals surface area contributed by atoms with Crippen LogP contribution < -0.4 is 5.32 Å². The summed E-state index contributed by atoms with van der Waals surface area (Å²) in [6.45, 7) is 0. The van der Waals surface area contributed by atoms with E-state index in [1.807, 2.05) is 53.9 Å². The van der Waals surface area contributed by atoms with Crippen molar-refractivity contribution in [1.82, 2.24) is 4.98 Å². The van der Waals surface area contributed by atoms with Crippen LogP contribution in [0.5, 0.6) is 0 Å². The number of ketones is 1. The number of Topliss-reactive ketones (excluding diaryl/α,β-unsaturated/α-hetero) is 1. The van der Waals surface area contributed by atoms with E-state index in [-0.39, 0.29) is 24.5 Å². The summed E-state index contributed by atoms with van der Waals surface area (Å²) < 4.78 is 5.79. The quantitative estimate of drug-likeness (QED) is 0.472. The molecule has 1 N–H and O–H groups in total. The number of carbonyl (C=O) groups is 2. The molecule has 6 heteroatoms. The van der Waals surface area contributed by atoms with Gasteiger partial charge in [-0.25, -0.2) is 4.98 Å². The van der Waals surface area contributed by atoms with Crippen LogP contribution in [0.4, 0.5) is 5.13 Å². The zero-order chi connectivity index (χ0) is 18.6. The van der Waals surface area contributed by atoms with E-state index in [9.17, 15) is 9.59 Å². The van der Waals surface area contributed by atoms with Crippen molar-refractivity contribution < 1.29 is 14.0 Å². The van der Waals surface area contributed by atoms with Crippen molar-refractivity contribution in [3.05, 3.63) is 71.6 Å². The first-order valence-corrected chi connectivity index (χ1v) is 9.39. The molecule has 2 aromatic carbocycles. The highest BCUT2D eigenvalue weighted by atomic mass is 32.1. The van der Waals surface area contributed by atoms with Crippen LogP contribution in [0.2, 0.25) is 0 Å². The molecule has 2 heterocycles. The molecule has 0 spiro atoms. The van der Waals surface area contributed by atoms with E-state index in [1.54, 1.807) is 12.1 Å². The number of para-hydroxylation sites is 1. The lowest BCUT2D eigenvalue weighted by Gasteiger charge is -2.02. The Hall–Kier alpha value is -3.25. The van der Waals surface area contributed by atoms with Gasteiger partial charge in [0.05, 0.1) is 0 Å². The first kappa shape index (κ1) is 17.2. The van der Waals surface area contributed by atoms with Gasteiger partial charge in [0.1, 0.15) is 11.3 Å². The van der Waals surface area contributed by atoms with E-state index in [0.29, 0.717) is 22.1 Å². The first-order chi connectivity index (χ1) is 13.2. The number of hydrogen-bond donors (Lipinski definition) is 1. The molecule has 0 unspecified atom stereocenters. The summed E-state index contributed by atoms with van der Waals surface area (Å²) in [5, 5.41) is 6.08. The van der Waals surface area contributed by atoms with Crippen molar-refractivity contribution in [3.63, 3.8) is 0 Å². The van der Waals surface area contributed by atoms with Crippen LogP contribution in [0, 0.1) is 0 Å². The maximum atomic E-state index is 12.1. The molecule has 0 radical (unpaired) electrons. The summed E-state index contributed by atoms with van der Waals surface area (Å²) in [6, 6.07) is 18.6. The van der Waals surface area contributed by atoms with Crippen molar-refractivity contribution in [2.24, 2.45) is 0 Å². The van der Waals surface area contributed by atoms with Crippen LogP contribution in [0.1, 0.15) is 23.2 Å². The zero-order valence-corrected chi connectivity index (χ0v) is 15.2. The van der Waals surface area contributed by atoms with Crippen molar-refractivity contribution in [2.75, 3.05) is 5.32 Å². The molecule has 4 aromatic rings. The Kier molecular flexibility index (Phi) is 4.80. The molecule has 5 nitrogen and oxygen atoms in total. The number of thiazole rings is 1. The van der Waals surface area contributed by atoms with Crippen LogP contribution in [0.15, 0.2) is 70.5 Å². The second kappa shape index (κ2) is 7.55. The van der Waals surface area contributed by atoms with Crippen LogP contribution >= 0.6 is 11.3 Å². The van der Waals surface area contributed by atoms with Gasteiger partial charge < -0.3 is 9.73 Å². The second-order valence-electron chi connectivity index (χ2n) is 6.02. The topological polar surface area (TPSA) is 72.2 Å². The van der Waals surface area contributed by atoms with E-state index in [2.05, 4.69) is 10.3 Å². The van der Waals surface area contributed by atoms with Gasteiger partial charge in [0, 0.05) is 29.2 Å². The Morgan fingerprint density at radius 3 is 2.59 bits per heavy atom. The normalized spacial score (nSPS) is 10.8. The lowest BCUT2D eigenvalue weighted by atomic mass is 10.1. The monoisotopic (exact) mass is 376 g/mol. The van der Waals surface area contributed by atoms with Gasteiger partial charge in [-0.3, -0.25) is 9.59 Å². The summed E-state index contributed by atoms with van der Waals surface area (Å²) in [7, 11) is 0. The Morgan fingerprint density at radius 1 is 1.00 bits per heavy atom. The number of furan rings is 1. The number of fused-ring (bicyclic) bond motifs is 1. The summed E-state index contributed by atoms with van der Waals surface area (Å²) in [4.78, 5) is 28.6. The van der Waals surface area contributed by atoms with Crippen LogP contribution in [0.25, 0.3) is 22.4 Å². The smallest absolute Gasteiger partial charge is 0.226 e. The Bertz CT molecular complexity index is 1070. The minimum absolute atomic E-state index is 0.0483. The SMILES string of the molecule is O=C(CCC(=O)c1ccccc1)Nc1nc(-c2cc3ccccc3o2)cs1. The fraction of sp³-hybridized carbons (Fsp3) is 0.0952. The summed E-state index contributed by atoms with van der Waals surface area (Å²) >= 11 is 1.33. The molecule has 134 valence electrons. The largest absolute Gasteiger partial charge is 0.454 e. The minimum Gasteiger partial charge on any atom is -0.454 e. The average Bonchev–Trinajstić information content (AvgIpc) is 3.33. The zero-order valence-electron chi connectivity index (χ0n) is 14.3. The highest BCUT2D eigenvalue weighted by Gasteiger charge is 2.13. The standard InChI is InChI=1S/C21H16N2O3S/c24-17(14-6-2-1-3-7-14)10-11-20(25)23-21-22-16(13-27-21)19-12-15-8-4-5-9-18(15)26-19/h1-9,12-13H,10-11H2,(H,22,23,25). The summed E-state index contributed by atoms with van der Waals surface area (Å²) in [5.41, 5.74) is 2.09. The van der Waals surface area contributed by atoms with E-state index in [1.165, 1.54) is 11.3 Å². The number of anilines is 1. The van der Waals surface area contributed by atoms with Crippen LogP contribution in [0.3, 0.4) is 0 Å². The molecule has 0 saturated carbocycles. The highest BCUT2D eigenvalue weighted by Crippen LogP contribution is 2.30. The van der Waals surface area contributed by atoms with Gasteiger partial charge in [0.2, 0.25) is 5.91 Å². The van der Waals surface area contributed by atoms with Gasteiger partial charge in [-0.05, 0) is 12.1 Å². The number of nitrogens with one attached hydrogen (secondary N) is 1. The van der Waals surface area contributed by atoms with Crippen LogP contribution in [-0.4, -0.2) is 16.7 Å². The number of benzene rings is 2. The highest BCUT2D eigenvalue weighted by molar-refractivity contribution is 7.14. The molecule has 2 aromatic heterocycles. The van der Waals surface area contributed by atoms with Crippen LogP contribution in [-0.2, 0) is 4.79 Å². The molecule has 1 amide bonds. The lowest BCUT2D eigenvalue weighted by molar-refractivity contribution is -0.116. The predicted molar refractivity (Wildman–Crippen MR) is 106 cm³/mol. The fourth-order valence-electron chi connectivity index (χ4n) is 2.73. The number of rotatable bonds is 6. The minimum atomic E-state index is -0.232. The maximum absolute atomic E-state index is 12.1. The number of carbonyl (C=O) groups excluding carboxylic acids is 2.